The molecule has 0 aromatic rings. The van der Waals surface area contributed by atoms with Crippen LogP contribution in [-0.2, 0) is 29.4 Å². The molecule has 4 aliphatic carbocycles. The van der Waals surface area contributed by atoms with E-state index in [4.69, 9.17) is 0 Å². The highest BCUT2D eigenvalue weighted by molar-refractivity contribution is 7.91. The topological polar surface area (TPSA) is 146 Å². The van der Waals surface area contributed by atoms with Gasteiger partial charge in [0.2, 0.25) is 15.9 Å². The number of nitrogens with zero attached hydrogens (tertiary/aromatic N) is 1. The third-order valence-corrected chi connectivity index (χ3v) is 15.7. The number of sulfone groups is 1. The number of rotatable bonds is 33. The van der Waals surface area contributed by atoms with Crippen LogP contribution in [0.1, 0.15) is 205 Å². The smallest absolute Gasteiger partial charge is 0.241 e. The van der Waals surface area contributed by atoms with E-state index in [0.29, 0.717) is 24.0 Å². The molecule has 11 heteroatoms. The summed E-state index contributed by atoms with van der Waals surface area (Å²) in [6.45, 7) is 0.774. The van der Waals surface area contributed by atoms with Crippen LogP contribution in [0.3, 0.4) is 0 Å². The van der Waals surface area contributed by atoms with Gasteiger partial charge in [-0.3, -0.25) is 9.59 Å². The first-order chi connectivity index (χ1) is 26.1. The number of carbonyl (C=O) groups is 2. The van der Waals surface area contributed by atoms with Gasteiger partial charge in [0, 0.05) is 31.9 Å². The molecule has 1 amide bonds. The molecule has 4 aliphatic rings. The van der Waals surface area contributed by atoms with Crippen LogP contribution in [0.2, 0.25) is 0 Å². The summed E-state index contributed by atoms with van der Waals surface area (Å²) in [5.41, 5.74) is -0.0105. The normalized spacial score (nSPS) is 19.6. The maximum atomic E-state index is 12.4. The van der Waals surface area contributed by atoms with Gasteiger partial charge in [-0.2, -0.15) is 0 Å². The number of aliphatic hydroxyl groups is 2. The van der Waals surface area contributed by atoms with Crippen LogP contribution in [0.25, 0.3) is 0 Å². The first-order valence-corrected chi connectivity index (χ1v) is 26.4. The monoisotopic (exact) mass is 816 g/mol. The molecule has 4 fully saturated rings. The molecule has 0 saturated heterocycles. The summed E-state index contributed by atoms with van der Waals surface area (Å²) in [6, 6.07) is 0. The lowest BCUT2D eigenvalue weighted by atomic mass is 9.94. The van der Waals surface area contributed by atoms with Gasteiger partial charge < -0.3 is 10.2 Å². The molecule has 2 N–H and O–H groups in total. The van der Waals surface area contributed by atoms with Crippen LogP contribution in [-0.4, -0.2) is 81.6 Å². The number of carbonyl (C=O) groups excluding carboxylic acids is 2. The van der Waals surface area contributed by atoms with E-state index in [0.717, 1.165) is 81.0 Å². The second-order valence-corrected chi connectivity index (χ2v) is 23.1. The Morgan fingerprint density at radius 1 is 0.473 bits per heavy atom. The maximum Gasteiger partial charge on any atom is 0.241 e. The van der Waals surface area contributed by atoms with Gasteiger partial charge >= 0.3 is 0 Å². The van der Waals surface area contributed by atoms with E-state index in [1.807, 2.05) is 0 Å². The highest BCUT2D eigenvalue weighted by atomic mass is 32.2. The van der Waals surface area contributed by atoms with Crippen LogP contribution in [0.4, 0.5) is 0 Å². The summed E-state index contributed by atoms with van der Waals surface area (Å²) < 4.78 is 46.7. The molecule has 0 heterocycles. The molecule has 0 aliphatic heterocycles. The van der Waals surface area contributed by atoms with Crippen molar-refractivity contribution in [2.24, 2.45) is 21.7 Å². The summed E-state index contributed by atoms with van der Waals surface area (Å²) in [4.78, 5) is 24.5. The SMILES string of the molecule is CN(C(=O)C1(CCCCCCCCCCCCC2(CO)CC2)CC1)S(C)(=O)=O.CS(=O)(=O)CC(=O)C1(CCCCCCCCCCCCC2(CO)CC2)CC1. The van der Waals surface area contributed by atoms with Crippen molar-refractivity contribution in [1.82, 2.24) is 4.31 Å². The summed E-state index contributed by atoms with van der Waals surface area (Å²) >= 11 is 0. The number of unbranched alkanes of at least 4 members (excludes halogenated alkanes) is 18. The average molecular weight is 816 g/mol. The molecule has 322 valence electrons. The first-order valence-electron chi connectivity index (χ1n) is 22.5. The average Bonchev–Trinajstić information content (AvgIpc) is 3.95. The van der Waals surface area contributed by atoms with Crippen LogP contribution in [0, 0.1) is 21.7 Å². The van der Waals surface area contributed by atoms with E-state index in [1.165, 1.54) is 148 Å². The van der Waals surface area contributed by atoms with Crippen molar-refractivity contribution >= 4 is 31.6 Å². The van der Waals surface area contributed by atoms with E-state index < -0.39 is 19.9 Å². The zero-order chi connectivity index (χ0) is 40.5. The molecular weight excluding hydrogens is 735 g/mol. The molecule has 0 aromatic heterocycles. The van der Waals surface area contributed by atoms with Gasteiger partial charge in [0.25, 0.3) is 0 Å². The van der Waals surface area contributed by atoms with Gasteiger partial charge in [0.15, 0.2) is 15.6 Å². The number of aliphatic hydroxyl groups excluding tert-OH is 2. The number of ketones is 1. The predicted molar refractivity (Wildman–Crippen MR) is 224 cm³/mol. The molecule has 9 nitrogen and oxygen atoms in total. The van der Waals surface area contributed by atoms with Crippen molar-refractivity contribution in [3.8, 4) is 0 Å². The lowest BCUT2D eigenvalue weighted by Crippen LogP contribution is -2.38. The van der Waals surface area contributed by atoms with E-state index in [2.05, 4.69) is 0 Å². The molecule has 0 bridgehead atoms. The molecule has 0 spiro atoms. The molecule has 0 unspecified atom stereocenters. The number of amides is 1. The Morgan fingerprint density at radius 2 is 0.764 bits per heavy atom. The number of hydrogen-bond acceptors (Lipinski definition) is 8. The summed E-state index contributed by atoms with van der Waals surface area (Å²) in [6.07, 6.45) is 39.8. The number of sulfonamides is 1. The third-order valence-electron chi connectivity index (χ3n) is 13.7. The van der Waals surface area contributed by atoms with E-state index in [-0.39, 0.29) is 28.3 Å². The van der Waals surface area contributed by atoms with Gasteiger partial charge in [-0.25, -0.2) is 21.1 Å². The Bertz CT molecular complexity index is 1360. The Kier molecular flexibility index (Phi) is 20.2. The maximum absolute atomic E-state index is 12.4. The van der Waals surface area contributed by atoms with Gasteiger partial charge in [0.1, 0.15) is 5.75 Å². The fraction of sp³-hybridized carbons (Fsp3) is 0.955. The number of hydrogen-bond donors (Lipinski definition) is 2. The second kappa shape index (κ2) is 22.9. The van der Waals surface area contributed by atoms with Crippen LogP contribution in [0.5, 0.6) is 0 Å². The minimum Gasteiger partial charge on any atom is -0.396 e. The van der Waals surface area contributed by atoms with Crippen LogP contribution >= 0.6 is 0 Å². The Balaban J connectivity index is 0.000000296. The van der Waals surface area contributed by atoms with Crippen molar-refractivity contribution in [3.63, 3.8) is 0 Å². The quantitative estimate of drug-likeness (QED) is 0.0624. The molecule has 0 radical (unpaired) electrons. The van der Waals surface area contributed by atoms with Crippen molar-refractivity contribution in [2.75, 3.05) is 38.5 Å². The minimum absolute atomic E-state index is 0.0448. The molecule has 55 heavy (non-hydrogen) atoms. The fourth-order valence-electron chi connectivity index (χ4n) is 8.50. The Labute approximate surface area is 336 Å². The minimum atomic E-state index is -3.43. The summed E-state index contributed by atoms with van der Waals surface area (Å²) in [7, 11) is -5.24. The molecule has 0 aromatic carbocycles. The van der Waals surface area contributed by atoms with Gasteiger partial charge in [-0.15, -0.1) is 0 Å². The van der Waals surface area contributed by atoms with E-state index in [9.17, 15) is 36.6 Å². The standard InChI is InChI=1S/C22H41NO4S.C22H40O4S/c1-23(28(2,26)27)20(25)22(17-18-22)14-12-10-8-6-4-3-5-7-9-11-13-21(19-24)15-16-21;1-27(25,26)18-20(24)22(16-17-22)13-11-9-7-5-3-2-4-6-8-10-12-21(19-23)14-15-21/h24H,3-19H2,1-2H3;23H,2-19H2,1H3. The zero-order valence-electron chi connectivity index (χ0n) is 35.4. The zero-order valence-corrected chi connectivity index (χ0v) is 37.0. The Morgan fingerprint density at radius 3 is 1.02 bits per heavy atom. The van der Waals surface area contributed by atoms with Crippen molar-refractivity contribution in [3.05, 3.63) is 0 Å². The first kappa shape index (κ1) is 48.3. The van der Waals surface area contributed by atoms with Crippen molar-refractivity contribution < 1.29 is 36.6 Å². The molecular formula is C44H81NO8S2. The van der Waals surface area contributed by atoms with Crippen molar-refractivity contribution in [2.45, 2.75) is 205 Å². The predicted octanol–water partition coefficient (Wildman–Crippen LogP) is 9.47. The summed E-state index contributed by atoms with van der Waals surface area (Å²) in [5, 5.41) is 18.6. The van der Waals surface area contributed by atoms with Crippen molar-refractivity contribution in [1.29, 1.82) is 0 Å². The molecule has 4 rings (SSSR count). The number of Topliss-reactive ketones (excluding diaryl/α,β-unsaturated/α-hetero) is 1. The molecule has 4 saturated carbocycles. The highest BCUT2D eigenvalue weighted by Gasteiger charge is 2.52. The lowest BCUT2D eigenvalue weighted by Gasteiger charge is -2.21. The molecule has 0 atom stereocenters. The van der Waals surface area contributed by atoms with Crippen LogP contribution in [0.15, 0.2) is 0 Å². The van der Waals surface area contributed by atoms with Gasteiger partial charge in [-0.05, 0) is 87.9 Å². The van der Waals surface area contributed by atoms with Crippen LogP contribution < -0.4 is 0 Å². The van der Waals surface area contributed by atoms with Gasteiger partial charge in [-0.1, -0.05) is 128 Å². The third kappa shape index (κ3) is 18.6. The fourth-order valence-corrected chi connectivity index (χ4v) is 9.78. The van der Waals surface area contributed by atoms with Gasteiger partial charge in [0.05, 0.1) is 11.7 Å². The van der Waals surface area contributed by atoms with E-state index >= 15 is 0 Å². The summed E-state index contributed by atoms with van der Waals surface area (Å²) in [5.74, 6) is -0.522. The second-order valence-electron chi connectivity index (χ2n) is 19.0. The van der Waals surface area contributed by atoms with E-state index in [1.54, 1.807) is 0 Å². The lowest BCUT2D eigenvalue weighted by molar-refractivity contribution is -0.131. The Hall–Kier alpha value is -1.04. The highest BCUT2D eigenvalue weighted by Crippen LogP contribution is 2.53. The largest absolute Gasteiger partial charge is 0.396 e.